The first-order valence-electron chi connectivity index (χ1n) is 10.4. The molecule has 5 heteroatoms. The van der Waals surface area contributed by atoms with Crippen molar-refractivity contribution in [1.82, 2.24) is 9.80 Å². The van der Waals surface area contributed by atoms with Crippen LogP contribution in [0.3, 0.4) is 0 Å². The fourth-order valence-corrected chi connectivity index (χ4v) is 4.49. The predicted octanol–water partition coefficient (Wildman–Crippen LogP) is 4.59. The summed E-state index contributed by atoms with van der Waals surface area (Å²) in [5.74, 6) is -0.171. The van der Waals surface area contributed by atoms with E-state index in [1.54, 1.807) is 12.0 Å². The van der Waals surface area contributed by atoms with E-state index in [1.807, 2.05) is 60.5 Å². The van der Waals surface area contributed by atoms with Crippen molar-refractivity contribution in [3.63, 3.8) is 0 Å². The van der Waals surface area contributed by atoms with E-state index < -0.39 is 0 Å². The second kappa shape index (κ2) is 8.15. The van der Waals surface area contributed by atoms with Gasteiger partial charge >= 0.3 is 6.03 Å². The number of hydrogen-bond acceptors (Lipinski definition) is 2. The number of nitrogens with zero attached hydrogens (tertiary/aromatic N) is 2. The number of amides is 2. The average molecular weight is 397 g/mol. The molecule has 154 valence electrons. The lowest BCUT2D eigenvalue weighted by Crippen LogP contribution is -2.45. The molecule has 1 heterocycles. The van der Waals surface area contributed by atoms with Crippen LogP contribution >= 0.6 is 0 Å². The van der Waals surface area contributed by atoms with Crippen LogP contribution in [-0.4, -0.2) is 55.7 Å². The van der Waals surface area contributed by atoms with E-state index in [9.17, 15) is 4.79 Å². The molecule has 2 aliphatic rings. The maximum atomic E-state index is 15.3. The van der Waals surface area contributed by atoms with Gasteiger partial charge < -0.3 is 14.5 Å². The molecular weight excluding hydrogens is 367 g/mol. The van der Waals surface area contributed by atoms with Gasteiger partial charge in [0.25, 0.3) is 0 Å². The van der Waals surface area contributed by atoms with Crippen molar-refractivity contribution < 1.29 is 13.9 Å². The molecule has 1 spiro atoms. The number of benzene rings is 2. The van der Waals surface area contributed by atoms with Gasteiger partial charge in [-0.25, -0.2) is 9.18 Å². The zero-order chi connectivity index (χ0) is 20.4. The Balaban J connectivity index is 1.55. The summed E-state index contributed by atoms with van der Waals surface area (Å²) in [5, 5.41) is 0. The van der Waals surface area contributed by atoms with E-state index in [-0.39, 0.29) is 23.3 Å². The van der Waals surface area contributed by atoms with Crippen LogP contribution in [0, 0.1) is 11.2 Å². The number of carbonyl (C=O) groups excluding carboxylic acids is 1. The second-order valence-corrected chi connectivity index (χ2v) is 8.53. The molecule has 1 saturated carbocycles. The Morgan fingerprint density at radius 3 is 2.66 bits per heavy atom. The molecular formula is C24H29FN2O2. The Morgan fingerprint density at radius 1 is 1.21 bits per heavy atom. The quantitative estimate of drug-likeness (QED) is 0.716. The van der Waals surface area contributed by atoms with Crippen molar-refractivity contribution in [3.8, 4) is 11.1 Å². The van der Waals surface area contributed by atoms with Gasteiger partial charge in [0.1, 0.15) is 5.82 Å². The van der Waals surface area contributed by atoms with Crippen LogP contribution in [0.1, 0.15) is 24.8 Å². The van der Waals surface area contributed by atoms with Gasteiger partial charge in [-0.05, 0) is 42.2 Å². The van der Waals surface area contributed by atoms with Crippen LogP contribution < -0.4 is 0 Å². The number of likely N-dealkylation sites (tertiary alicyclic amines) is 1. The Hall–Kier alpha value is -2.40. The molecule has 4 nitrogen and oxygen atoms in total. The van der Waals surface area contributed by atoms with Crippen molar-refractivity contribution >= 4 is 6.03 Å². The lowest BCUT2D eigenvalue weighted by Gasteiger charge is -2.30. The van der Waals surface area contributed by atoms with Gasteiger partial charge in [-0.3, -0.25) is 0 Å². The van der Waals surface area contributed by atoms with Gasteiger partial charge in [0.2, 0.25) is 0 Å². The van der Waals surface area contributed by atoms with Gasteiger partial charge in [0.05, 0.1) is 6.61 Å². The van der Waals surface area contributed by atoms with Crippen molar-refractivity contribution in [2.24, 2.45) is 5.41 Å². The van der Waals surface area contributed by atoms with Crippen LogP contribution in [0.2, 0.25) is 0 Å². The average Bonchev–Trinajstić information content (AvgIpc) is 3.40. The summed E-state index contributed by atoms with van der Waals surface area (Å²) in [7, 11) is 3.45. The molecule has 0 radical (unpaired) electrons. The monoisotopic (exact) mass is 396 g/mol. The lowest BCUT2D eigenvalue weighted by atomic mass is 9.95. The summed E-state index contributed by atoms with van der Waals surface area (Å²) in [4.78, 5) is 16.7. The molecule has 0 unspecified atom stereocenters. The smallest absolute Gasteiger partial charge is 0.320 e. The highest BCUT2D eigenvalue weighted by Gasteiger charge is 2.53. The summed E-state index contributed by atoms with van der Waals surface area (Å²) < 4.78 is 20.5. The molecule has 29 heavy (non-hydrogen) atoms. The molecule has 1 atom stereocenters. The zero-order valence-corrected chi connectivity index (χ0v) is 17.2. The summed E-state index contributed by atoms with van der Waals surface area (Å²) in [6, 6.07) is 15.3. The summed E-state index contributed by atoms with van der Waals surface area (Å²) >= 11 is 0. The minimum atomic E-state index is -0.171. The van der Waals surface area contributed by atoms with E-state index >= 15 is 4.39 Å². The van der Waals surface area contributed by atoms with Crippen LogP contribution in [0.15, 0.2) is 48.5 Å². The Kier molecular flexibility index (Phi) is 5.59. The Morgan fingerprint density at radius 2 is 1.97 bits per heavy atom. The maximum Gasteiger partial charge on any atom is 0.320 e. The highest BCUT2D eigenvalue weighted by Crippen LogP contribution is 2.55. The van der Waals surface area contributed by atoms with Crippen LogP contribution in [0.25, 0.3) is 11.1 Å². The summed E-state index contributed by atoms with van der Waals surface area (Å²) in [6.45, 7) is 1.86. The normalized spacial score (nSPS) is 19.6. The SMILES string of the molecule is COCCN(C)C(=O)N1CC2(CC2)C[C@@H]1Cc1cccc(-c2ccccc2)c1F. The number of urea groups is 1. The number of halogens is 1. The molecule has 0 N–H and O–H groups in total. The number of hydrogen-bond donors (Lipinski definition) is 0. The maximum absolute atomic E-state index is 15.3. The molecule has 2 aromatic rings. The highest BCUT2D eigenvalue weighted by atomic mass is 19.1. The molecule has 2 aromatic carbocycles. The number of likely N-dealkylation sites (N-methyl/N-ethyl adjacent to an activating group) is 1. The van der Waals surface area contributed by atoms with E-state index in [0.29, 0.717) is 30.7 Å². The molecule has 2 amide bonds. The second-order valence-electron chi connectivity index (χ2n) is 8.53. The first kappa shape index (κ1) is 19.9. The van der Waals surface area contributed by atoms with Gasteiger partial charge in [-0.1, -0.05) is 48.5 Å². The van der Waals surface area contributed by atoms with Crippen LogP contribution in [-0.2, 0) is 11.2 Å². The zero-order valence-electron chi connectivity index (χ0n) is 17.2. The van der Waals surface area contributed by atoms with E-state index in [0.717, 1.165) is 18.5 Å². The van der Waals surface area contributed by atoms with Crippen molar-refractivity contribution in [2.75, 3.05) is 33.9 Å². The van der Waals surface area contributed by atoms with Crippen molar-refractivity contribution in [1.29, 1.82) is 0 Å². The van der Waals surface area contributed by atoms with E-state index in [4.69, 9.17) is 4.74 Å². The largest absolute Gasteiger partial charge is 0.383 e. The first-order valence-corrected chi connectivity index (χ1v) is 10.4. The highest BCUT2D eigenvalue weighted by molar-refractivity contribution is 5.75. The fraction of sp³-hybridized carbons (Fsp3) is 0.458. The van der Waals surface area contributed by atoms with E-state index in [1.165, 1.54) is 12.8 Å². The third-order valence-electron chi connectivity index (χ3n) is 6.39. The van der Waals surface area contributed by atoms with Crippen LogP contribution in [0.5, 0.6) is 0 Å². The molecule has 1 aliphatic carbocycles. The molecule has 0 aromatic heterocycles. The van der Waals surface area contributed by atoms with Gasteiger partial charge in [0, 0.05) is 38.9 Å². The van der Waals surface area contributed by atoms with Crippen LogP contribution in [0.4, 0.5) is 9.18 Å². The van der Waals surface area contributed by atoms with Crippen molar-refractivity contribution in [2.45, 2.75) is 31.7 Å². The fourth-order valence-electron chi connectivity index (χ4n) is 4.49. The molecule has 1 aliphatic heterocycles. The Bertz CT molecular complexity index is 866. The third kappa shape index (κ3) is 4.15. The summed E-state index contributed by atoms with van der Waals surface area (Å²) in [6.07, 6.45) is 3.85. The van der Waals surface area contributed by atoms with Gasteiger partial charge in [-0.15, -0.1) is 0 Å². The molecule has 2 fully saturated rings. The molecule has 4 rings (SSSR count). The van der Waals surface area contributed by atoms with Gasteiger partial charge in [-0.2, -0.15) is 0 Å². The number of methoxy groups -OCH3 is 1. The van der Waals surface area contributed by atoms with E-state index in [2.05, 4.69) is 0 Å². The number of carbonyl (C=O) groups is 1. The number of rotatable bonds is 6. The lowest BCUT2D eigenvalue weighted by molar-refractivity contribution is 0.131. The topological polar surface area (TPSA) is 32.8 Å². The predicted molar refractivity (Wildman–Crippen MR) is 112 cm³/mol. The standard InChI is InChI=1S/C24H29FN2O2/c1-26(13-14-29-2)23(28)27-17-24(11-12-24)16-20(27)15-19-9-6-10-21(22(19)25)18-7-4-3-5-8-18/h3-10,20H,11-17H2,1-2H3/t20-/m0/s1. The minimum Gasteiger partial charge on any atom is -0.383 e. The summed E-state index contributed by atoms with van der Waals surface area (Å²) in [5.41, 5.74) is 2.45. The molecule has 0 bridgehead atoms. The number of ether oxygens (including phenoxy) is 1. The van der Waals surface area contributed by atoms with Gasteiger partial charge in [0.15, 0.2) is 0 Å². The third-order valence-corrected chi connectivity index (χ3v) is 6.39. The Labute approximate surface area is 172 Å². The minimum absolute atomic E-state index is 0.0236. The molecule has 1 saturated heterocycles. The first-order chi connectivity index (χ1) is 14.0. The van der Waals surface area contributed by atoms with Crippen molar-refractivity contribution in [3.05, 3.63) is 59.9 Å².